The van der Waals surface area contributed by atoms with Crippen LogP contribution in [0.1, 0.15) is 10.4 Å². The van der Waals surface area contributed by atoms with E-state index in [1.54, 1.807) is 22.1 Å². The number of aromatic nitrogens is 1. The molecule has 3 aromatic rings. The van der Waals surface area contributed by atoms with E-state index >= 15 is 0 Å². The minimum Gasteiger partial charge on any atom is -0.335 e. The van der Waals surface area contributed by atoms with Crippen LogP contribution in [0.5, 0.6) is 0 Å². The fourth-order valence-corrected chi connectivity index (χ4v) is 3.26. The molecule has 1 saturated heterocycles. The van der Waals surface area contributed by atoms with Crippen LogP contribution in [0.25, 0.3) is 10.9 Å². The molecule has 1 fully saturated rings. The molecule has 3 amide bonds. The quantitative estimate of drug-likeness (QED) is 0.744. The topological polar surface area (TPSA) is 65.5 Å². The predicted octanol–water partition coefficient (Wildman–Crippen LogP) is 3.36. The third-order valence-electron chi connectivity index (χ3n) is 4.77. The minimum absolute atomic E-state index is 0.224. The van der Waals surface area contributed by atoms with E-state index in [0.717, 1.165) is 10.9 Å². The highest BCUT2D eigenvalue weighted by molar-refractivity contribution is 5.95. The fourth-order valence-electron chi connectivity index (χ4n) is 3.26. The van der Waals surface area contributed by atoms with Gasteiger partial charge in [0, 0.05) is 37.1 Å². The summed E-state index contributed by atoms with van der Waals surface area (Å²) in [6.45, 7) is 1.62. The third-order valence-corrected chi connectivity index (χ3v) is 4.77. The van der Waals surface area contributed by atoms with Gasteiger partial charge in [-0.15, -0.1) is 0 Å². The number of hydrogen-bond donors (Lipinski definition) is 1. The second-order valence-corrected chi connectivity index (χ2v) is 6.64. The van der Waals surface area contributed by atoms with E-state index in [9.17, 15) is 14.0 Å². The van der Waals surface area contributed by atoms with Crippen LogP contribution < -0.4 is 5.32 Å². The van der Waals surface area contributed by atoms with E-state index in [2.05, 4.69) is 10.3 Å². The normalized spacial score (nSPS) is 14.2. The van der Waals surface area contributed by atoms with Gasteiger partial charge in [0.05, 0.1) is 17.4 Å². The summed E-state index contributed by atoms with van der Waals surface area (Å²) in [5.41, 5.74) is 1.81. The van der Waals surface area contributed by atoms with Gasteiger partial charge in [0.15, 0.2) is 0 Å². The maximum absolute atomic E-state index is 13.3. The van der Waals surface area contributed by atoms with Gasteiger partial charge < -0.3 is 15.1 Å². The van der Waals surface area contributed by atoms with Crippen molar-refractivity contribution >= 4 is 28.5 Å². The van der Waals surface area contributed by atoms with Crippen molar-refractivity contribution in [3.8, 4) is 0 Å². The lowest BCUT2D eigenvalue weighted by molar-refractivity contribution is 0.0671. The molecular weight excluding hydrogens is 359 g/mol. The first-order valence-corrected chi connectivity index (χ1v) is 9.06. The van der Waals surface area contributed by atoms with Gasteiger partial charge in [-0.2, -0.15) is 0 Å². The summed E-state index contributed by atoms with van der Waals surface area (Å²) >= 11 is 0. The number of benzene rings is 2. The van der Waals surface area contributed by atoms with Crippen LogP contribution in [0.3, 0.4) is 0 Å². The lowest BCUT2D eigenvalue weighted by Gasteiger charge is -2.34. The van der Waals surface area contributed by atoms with E-state index in [-0.39, 0.29) is 11.9 Å². The zero-order valence-corrected chi connectivity index (χ0v) is 15.1. The number of hydrogen-bond acceptors (Lipinski definition) is 3. The van der Waals surface area contributed by atoms with Crippen LogP contribution >= 0.6 is 0 Å². The van der Waals surface area contributed by atoms with Gasteiger partial charge in [0.25, 0.3) is 5.91 Å². The second-order valence-electron chi connectivity index (χ2n) is 6.64. The molecule has 0 aliphatic carbocycles. The van der Waals surface area contributed by atoms with E-state index in [1.807, 2.05) is 30.3 Å². The van der Waals surface area contributed by atoms with E-state index < -0.39 is 5.82 Å². The SMILES string of the molecule is O=C(Nc1cnc2ccccc2c1)N1CCN(C(=O)c2cccc(F)c2)CC1. The zero-order valence-electron chi connectivity index (χ0n) is 15.1. The Morgan fingerprint density at radius 3 is 2.46 bits per heavy atom. The number of urea groups is 1. The molecule has 1 aromatic heterocycles. The van der Waals surface area contributed by atoms with Gasteiger partial charge in [0.1, 0.15) is 5.82 Å². The summed E-state index contributed by atoms with van der Waals surface area (Å²) < 4.78 is 13.3. The Balaban J connectivity index is 1.36. The van der Waals surface area contributed by atoms with Crippen LogP contribution in [0.4, 0.5) is 14.9 Å². The zero-order chi connectivity index (χ0) is 19.5. The Bertz CT molecular complexity index is 1030. The number of para-hydroxylation sites is 1. The van der Waals surface area contributed by atoms with Crippen molar-refractivity contribution in [1.29, 1.82) is 0 Å². The van der Waals surface area contributed by atoms with Crippen molar-refractivity contribution < 1.29 is 14.0 Å². The number of carbonyl (C=O) groups is 2. The Morgan fingerprint density at radius 2 is 1.68 bits per heavy atom. The van der Waals surface area contributed by atoms with Crippen molar-refractivity contribution in [2.75, 3.05) is 31.5 Å². The Hall–Kier alpha value is -3.48. The molecule has 0 unspecified atom stereocenters. The number of piperazine rings is 1. The molecule has 7 heteroatoms. The van der Waals surface area contributed by atoms with Gasteiger partial charge in [-0.05, 0) is 30.3 Å². The first-order chi connectivity index (χ1) is 13.6. The van der Waals surface area contributed by atoms with Gasteiger partial charge in [-0.3, -0.25) is 9.78 Å². The summed E-state index contributed by atoms with van der Waals surface area (Å²) in [5.74, 6) is -0.661. The molecule has 4 rings (SSSR count). The van der Waals surface area contributed by atoms with Crippen LogP contribution in [0, 0.1) is 5.82 Å². The molecule has 0 saturated carbocycles. The molecule has 2 heterocycles. The van der Waals surface area contributed by atoms with Crippen molar-refractivity contribution in [3.05, 3.63) is 72.2 Å². The van der Waals surface area contributed by atoms with Gasteiger partial charge in [0.2, 0.25) is 0 Å². The van der Waals surface area contributed by atoms with E-state index in [4.69, 9.17) is 0 Å². The molecule has 1 N–H and O–H groups in total. The maximum Gasteiger partial charge on any atom is 0.322 e. The number of rotatable bonds is 2. The number of nitrogens with one attached hydrogen (secondary N) is 1. The molecule has 0 bridgehead atoms. The molecule has 0 spiro atoms. The van der Waals surface area contributed by atoms with E-state index in [0.29, 0.717) is 37.4 Å². The highest BCUT2D eigenvalue weighted by atomic mass is 19.1. The summed E-state index contributed by atoms with van der Waals surface area (Å²) in [4.78, 5) is 32.6. The number of halogens is 1. The molecule has 0 atom stereocenters. The molecule has 142 valence electrons. The highest BCUT2D eigenvalue weighted by Crippen LogP contribution is 2.17. The summed E-state index contributed by atoms with van der Waals surface area (Å²) in [7, 11) is 0. The smallest absolute Gasteiger partial charge is 0.322 e. The summed E-state index contributed by atoms with van der Waals surface area (Å²) in [5, 5.41) is 3.81. The Kier molecular flexibility index (Phi) is 4.89. The Labute approximate surface area is 161 Å². The largest absolute Gasteiger partial charge is 0.335 e. The van der Waals surface area contributed by atoms with Crippen molar-refractivity contribution in [1.82, 2.24) is 14.8 Å². The number of carbonyl (C=O) groups excluding carboxylic acids is 2. The Morgan fingerprint density at radius 1 is 0.929 bits per heavy atom. The highest BCUT2D eigenvalue weighted by Gasteiger charge is 2.25. The van der Waals surface area contributed by atoms with Crippen LogP contribution in [0.15, 0.2) is 60.8 Å². The second kappa shape index (κ2) is 7.64. The van der Waals surface area contributed by atoms with Crippen molar-refractivity contribution in [2.45, 2.75) is 0 Å². The molecule has 1 aliphatic rings. The predicted molar refractivity (Wildman–Crippen MR) is 105 cm³/mol. The fraction of sp³-hybridized carbons (Fsp3) is 0.190. The van der Waals surface area contributed by atoms with Crippen molar-refractivity contribution in [2.24, 2.45) is 0 Å². The van der Waals surface area contributed by atoms with Gasteiger partial charge in [-0.1, -0.05) is 24.3 Å². The van der Waals surface area contributed by atoms with Gasteiger partial charge in [-0.25, -0.2) is 9.18 Å². The third kappa shape index (κ3) is 3.78. The standard InChI is InChI=1S/C21H19FN4O2/c22-17-6-3-5-16(12-17)20(27)25-8-10-26(11-9-25)21(28)24-18-13-15-4-1-2-7-19(15)23-14-18/h1-7,12-14H,8-11H2,(H,24,28). The minimum atomic E-state index is -0.437. The molecular formula is C21H19FN4O2. The van der Waals surface area contributed by atoms with E-state index in [1.165, 1.54) is 18.2 Å². The number of pyridine rings is 1. The van der Waals surface area contributed by atoms with Crippen molar-refractivity contribution in [3.63, 3.8) is 0 Å². The average molecular weight is 378 g/mol. The molecule has 1 aliphatic heterocycles. The molecule has 0 radical (unpaired) electrons. The summed E-state index contributed by atoms with van der Waals surface area (Å²) in [6.07, 6.45) is 1.63. The number of anilines is 1. The van der Waals surface area contributed by atoms with Crippen LogP contribution in [-0.2, 0) is 0 Å². The molecule has 2 aromatic carbocycles. The van der Waals surface area contributed by atoms with Crippen LogP contribution in [0.2, 0.25) is 0 Å². The first kappa shape index (κ1) is 17.9. The molecule has 28 heavy (non-hydrogen) atoms. The lowest BCUT2D eigenvalue weighted by Crippen LogP contribution is -2.51. The van der Waals surface area contributed by atoms with Gasteiger partial charge >= 0.3 is 6.03 Å². The summed E-state index contributed by atoms with van der Waals surface area (Å²) in [6, 6.07) is 15.0. The molecule has 6 nitrogen and oxygen atoms in total. The number of nitrogens with zero attached hydrogens (tertiary/aromatic N) is 3. The monoisotopic (exact) mass is 378 g/mol. The number of fused-ring (bicyclic) bond motifs is 1. The van der Waals surface area contributed by atoms with Crippen LogP contribution in [-0.4, -0.2) is 52.9 Å². The lowest BCUT2D eigenvalue weighted by atomic mass is 10.2. The number of amides is 3. The average Bonchev–Trinajstić information content (AvgIpc) is 2.73. The maximum atomic E-state index is 13.3. The first-order valence-electron chi connectivity index (χ1n) is 9.06.